The van der Waals surface area contributed by atoms with Crippen molar-refractivity contribution in [3.63, 3.8) is 0 Å². The third-order valence-corrected chi connectivity index (χ3v) is 4.77. The maximum atomic E-state index is 12.5. The second-order valence-corrected chi connectivity index (χ2v) is 6.74. The van der Waals surface area contributed by atoms with E-state index in [4.69, 9.17) is 14.5 Å². The van der Waals surface area contributed by atoms with Gasteiger partial charge < -0.3 is 19.4 Å². The maximum Gasteiger partial charge on any atom is 0.220 e. The fourth-order valence-electron chi connectivity index (χ4n) is 3.27. The van der Waals surface area contributed by atoms with Crippen molar-refractivity contribution in [2.45, 2.75) is 32.4 Å². The number of imidazole rings is 1. The molecule has 1 N–H and O–H groups in total. The predicted octanol–water partition coefficient (Wildman–Crippen LogP) is 3.50. The topological polar surface area (TPSA) is 65.4 Å². The van der Waals surface area contributed by atoms with Gasteiger partial charge in [0.2, 0.25) is 5.91 Å². The van der Waals surface area contributed by atoms with Crippen molar-refractivity contribution in [3.8, 4) is 5.75 Å². The molecule has 28 heavy (non-hydrogen) atoms. The van der Waals surface area contributed by atoms with Crippen LogP contribution in [0.15, 0.2) is 48.5 Å². The van der Waals surface area contributed by atoms with E-state index in [1.54, 1.807) is 14.2 Å². The molecule has 0 spiro atoms. The fourth-order valence-corrected chi connectivity index (χ4v) is 3.27. The molecule has 1 aromatic heterocycles. The molecule has 3 aromatic rings. The number of aromatic nitrogens is 2. The summed E-state index contributed by atoms with van der Waals surface area (Å²) in [6.07, 6.45) is 1.11. The number of benzene rings is 2. The standard InChI is InChI=1S/C22H27N3O3/c1-16(23-21(26)13-10-17-8-11-18(28-3)12-9-17)22-24-19-6-4-5-7-20(19)25(22)14-15-27-2/h4-9,11-12,16H,10,13-15H2,1-3H3,(H,23,26)/t16-/m0/s1. The molecule has 0 saturated carbocycles. The molecule has 0 saturated heterocycles. The van der Waals surface area contributed by atoms with Crippen LogP contribution in [-0.2, 0) is 22.5 Å². The fraction of sp³-hybridized carbons (Fsp3) is 0.364. The van der Waals surface area contributed by atoms with E-state index in [1.807, 2.05) is 55.5 Å². The van der Waals surface area contributed by atoms with Crippen LogP contribution in [0.4, 0.5) is 0 Å². The number of nitrogens with zero attached hydrogens (tertiary/aromatic N) is 2. The first kappa shape index (κ1) is 19.9. The van der Waals surface area contributed by atoms with Crippen LogP contribution in [0.25, 0.3) is 11.0 Å². The highest BCUT2D eigenvalue weighted by molar-refractivity contribution is 5.78. The quantitative estimate of drug-likeness (QED) is 0.616. The number of rotatable bonds is 9. The highest BCUT2D eigenvalue weighted by Crippen LogP contribution is 2.21. The van der Waals surface area contributed by atoms with E-state index in [0.717, 1.165) is 28.2 Å². The van der Waals surface area contributed by atoms with Crippen LogP contribution in [0, 0.1) is 0 Å². The molecule has 0 aliphatic carbocycles. The van der Waals surface area contributed by atoms with E-state index >= 15 is 0 Å². The van der Waals surface area contributed by atoms with Gasteiger partial charge in [0.1, 0.15) is 11.6 Å². The monoisotopic (exact) mass is 381 g/mol. The molecule has 0 radical (unpaired) electrons. The van der Waals surface area contributed by atoms with Gasteiger partial charge in [0.05, 0.1) is 30.8 Å². The second-order valence-electron chi connectivity index (χ2n) is 6.74. The van der Waals surface area contributed by atoms with Crippen LogP contribution >= 0.6 is 0 Å². The summed E-state index contributed by atoms with van der Waals surface area (Å²) in [6, 6.07) is 15.6. The molecule has 0 bridgehead atoms. The number of aryl methyl sites for hydroxylation is 1. The van der Waals surface area contributed by atoms with Crippen molar-refractivity contribution >= 4 is 16.9 Å². The number of hydrogen-bond donors (Lipinski definition) is 1. The number of ether oxygens (including phenoxy) is 2. The zero-order chi connectivity index (χ0) is 19.9. The van der Waals surface area contributed by atoms with Crippen LogP contribution in [0.3, 0.4) is 0 Å². The molecule has 0 aliphatic rings. The zero-order valence-corrected chi connectivity index (χ0v) is 16.6. The first-order valence-electron chi connectivity index (χ1n) is 9.48. The Morgan fingerprint density at radius 2 is 1.89 bits per heavy atom. The number of amides is 1. The summed E-state index contributed by atoms with van der Waals surface area (Å²) in [6.45, 7) is 3.25. The number of methoxy groups -OCH3 is 2. The largest absolute Gasteiger partial charge is 0.497 e. The summed E-state index contributed by atoms with van der Waals surface area (Å²) in [5.74, 6) is 1.67. The minimum Gasteiger partial charge on any atom is -0.497 e. The van der Waals surface area contributed by atoms with Crippen LogP contribution in [-0.4, -0.2) is 36.3 Å². The maximum absolute atomic E-state index is 12.5. The summed E-state index contributed by atoms with van der Waals surface area (Å²) in [7, 11) is 3.33. The summed E-state index contributed by atoms with van der Waals surface area (Å²) in [5, 5.41) is 3.08. The Kier molecular flexibility index (Phi) is 6.66. The van der Waals surface area contributed by atoms with E-state index in [1.165, 1.54) is 0 Å². The summed E-state index contributed by atoms with van der Waals surface area (Å²) >= 11 is 0. The number of fused-ring (bicyclic) bond motifs is 1. The molecule has 0 unspecified atom stereocenters. The lowest BCUT2D eigenvalue weighted by Crippen LogP contribution is -2.29. The Hall–Kier alpha value is -2.86. The number of hydrogen-bond acceptors (Lipinski definition) is 4. The van der Waals surface area contributed by atoms with E-state index in [9.17, 15) is 4.79 Å². The molecule has 0 fully saturated rings. The predicted molar refractivity (Wildman–Crippen MR) is 109 cm³/mol. The minimum absolute atomic E-state index is 0.00802. The van der Waals surface area contributed by atoms with Crippen molar-refractivity contribution in [2.24, 2.45) is 0 Å². The van der Waals surface area contributed by atoms with Gasteiger partial charge in [-0.2, -0.15) is 0 Å². The van der Waals surface area contributed by atoms with Crippen LogP contribution in [0.5, 0.6) is 5.75 Å². The van der Waals surface area contributed by atoms with Crippen LogP contribution in [0.2, 0.25) is 0 Å². The van der Waals surface area contributed by atoms with Crippen LogP contribution < -0.4 is 10.1 Å². The van der Waals surface area contributed by atoms with Gasteiger partial charge >= 0.3 is 0 Å². The first-order chi connectivity index (χ1) is 13.6. The molecule has 6 heteroatoms. The number of para-hydroxylation sites is 2. The van der Waals surface area contributed by atoms with Crippen molar-refractivity contribution in [1.29, 1.82) is 0 Å². The van der Waals surface area contributed by atoms with Gasteiger partial charge in [-0.15, -0.1) is 0 Å². The third-order valence-electron chi connectivity index (χ3n) is 4.77. The summed E-state index contributed by atoms with van der Waals surface area (Å²) < 4.78 is 12.5. The molecular formula is C22H27N3O3. The van der Waals surface area contributed by atoms with E-state index in [-0.39, 0.29) is 11.9 Å². The minimum atomic E-state index is -0.187. The Morgan fingerprint density at radius 3 is 2.61 bits per heavy atom. The molecular weight excluding hydrogens is 354 g/mol. The van der Waals surface area contributed by atoms with Gasteiger partial charge in [-0.05, 0) is 43.2 Å². The lowest BCUT2D eigenvalue weighted by molar-refractivity contribution is -0.121. The molecule has 148 valence electrons. The SMILES string of the molecule is COCCn1c([C@H](C)NC(=O)CCc2ccc(OC)cc2)nc2ccccc21. The number of carbonyl (C=O) groups is 1. The Morgan fingerprint density at radius 1 is 1.14 bits per heavy atom. The van der Waals surface area contributed by atoms with Gasteiger partial charge in [0.25, 0.3) is 0 Å². The first-order valence-corrected chi connectivity index (χ1v) is 9.48. The average molecular weight is 381 g/mol. The number of nitrogens with one attached hydrogen (secondary N) is 1. The Labute approximate surface area is 165 Å². The van der Waals surface area contributed by atoms with E-state index < -0.39 is 0 Å². The molecule has 1 atom stereocenters. The Bertz CT molecular complexity index is 918. The second kappa shape index (κ2) is 9.37. The molecule has 1 heterocycles. The normalized spacial score (nSPS) is 12.1. The Balaban J connectivity index is 1.66. The smallest absolute Gasteiger partial charge is 0.220 e. The third kappa shape index (κ3) is 4.70. The lowest BCUT2D eigenvalue weighted by Gasteiger charge is -2.16. The van der Waals surface area contributed by atoms with E-state index in [2.05, 4.69) is 9.88 Å². The van der Waals surface area contributed by atoms with Crippen molar-refractivity contribution in [2.75, 3.05) is 20.8 Å². The highest BCUT2D eigenvalue weighted by atomic mass is 16.5. The van der Waals surface area contributed by atoms with Crippen LogP contribution in [0.1, 0.15) is 30.8 Å². The van der Waals surface area contributed by atoms with Gasteiger partial charge in [-0.1, -0.05) is 24.3 Å². The molecule has 6 nitrogen and oxygen atoms in total. The van der Waals surface area contributed by atoms with Crippen molar-refractivity contribution < 1.29 is 14.3 Å². The number of carbonyl (C=O) groups excluding carboxylic acids is 1. The molecule has 3 rings (SSSR count). The molecule has 2 aromatic carbocycles. The van der Waals surface area contributed by atoms with Gasteiger partial charge in [0.15, 0.2) is 0 Å². The highest BCUT2D eigenvalue weighted by Gasteiger charge is 2.18. The van der Waals surface area contributed by atoms with Gasteiger partial charge in [-0.3, -0.25) is 4.79 Å². The van der Waals surface area contributed by atoms with Crippen molar-refractivity contribution in [1.82, 2.24) is 14.9 Å². The molecule has 1 amide bonds. The van der Waals surface area contributed by atoms with Crippen molar-refractivity contribution in [3.05, 3.63) is 59.9 Å². The zero-order valence-electron chi connectivity index (χ0n) is 16.6. The van der Waals surface area contributed by atoms with E-state index in [0.29, 0.717) is 26.0 Å². The van der Waals surface area contributed by atoms with Gasteiger partial charge in [-0.25, -0.2) is 4.98 Å². The van der Waals surface area contributed by atoms with Gasteiger partial charge in [0, 0.05) is 20.1 Å². The summed E-state index contributed by atoms with van der Waals surface area (Å²) in [5.41, 5.74) is 3.08. The molecule has 0 aliphatic heterocycles. The summed E-state index contributed by atoms with van der Waals surface area (Å²) in [4.78, 5) is 17.2. The lowest BCUT2D eigenvalue weighted by atomic mass is 10.1. The average Bonchev–Trinajstić information content (AvgIpc) is 3.10.